The summed E-state index contributed by atoms with van der Waals surface area (Å²) in [6.07, 6.45) is 0.703. The Balaban J connectivity index is 2.44. The van der Waals surface area contributed by atoms with E-state index in [2.05, 4.69) is 11.4 Å². The second-order valence-electron chi connectivity index (χ2n) is 4.38. The van der Waals surface area contributed by atoms with Crippen LogP contribution in [0.2, 0.25) is 0 Å². The molecule has 0 saturated carbocycles. The zero-order valence-electron chi connectivity index (χ0n) is 10.4. The van der Waals surface area contributed by atoms with Gasteiger partial charge in [-0.1, -0.05) is 24.3 Å². The Morgan fingerprint density at radius 2 is 1.94 bits per heavy atom. The molecule has 2 rings (SSSR count). The van der Waals surface area contributed by atoms with Crippen LogP contribution in [-0.2, 0) is 0 Å². The molecule has 2 N–H and O–H groups in total. The second-order valence-corrected chi connectivity index (χ2v) is 4.38. The fraction of sp³-hybridized carbons (Fsp3) is 0.267. The molecule has 3 nitrogen and oxygen atoms in total. The van der Waals surface area contributed by atoms with Gasteiger partial charge in [0.05, 0.1) is 11.6 Å². The van der Waals surface area contributed by atoms with E-state index in [9.17, 15) is 0 Å². The summed E-state index contributed by atoms with van der Waals surface area (Å²) in [6, 6.07) is 14.0. The van der Waals surface area contributed by atoms with E-state index in [4.69, 9.17) is 10.4 Å². The molecule has 0 fully saturated rings. The quantitative estimate of drug-likeness (QED) is 0.864. The van der Waals surface area contributed by atoms with Crippen LogP contribution in [-0.4, -0.2) is 17.8 Å². The highest BCUT2D eigenvalue weighted by molar-refractivity contribution is 5.97. The van der Waals surface area contributed by atoms with E-state index in [1.54, 1.807) is 0 Å². The molecule has 0 radical (unpaired) electrons. The van der Waals surface area contributed by atoms with Crippen molar-refractivity contribution in [2.45, 2.75) is 19.4 Å². The zero-order valence-corrected chi connectivity index (χ0v) is 10.4. The Morgan fingerprint density at radius 3 is 2.61 bits per heavy atom. The Kier molecular flexibility index (Phi) is 3.81. The molecule has 0 aliphatic rings. The Bertz CT molecular complexity index is 587. The minimum atomic E-state index is 0.169. The summed E-state index contributed by atoms with van der Waals surface area (Å²) >= 11 is 0. The molecule has 0 aromatic heterocycles. The fourth-order valence-electron chi connectivity index (χ4n) is 2.05. The van der Waals surface area contributed by atoms with E-state index in [0.29, 0.717) is 12.0 Å². The first-order valence-corrected chi connectivity index (χ1v) is 6.05. The molecule has 2 aromatic carbocycles. The maximum atomic E-state index is 9.09. The van der Waals surface area contributed by atoms with Crippen molar-refractivity contribution in [2.75, 3.05) is 11.9 Å². The van der Waals surface area contributed by atoms with Gasteiger partial charge < -0.3 is 10.4 Å². The number of rotatable bonds is 4. The molecule has 2 aromatic rings. The highest BCUT2D eigenvalue weighted by atomic mass is 16.3. The van der Waals surface area contributed by atoms with E-state index in [1.807, 2.05) is 43.3 Å². The normalized spacial score (nSPS) is 12.1. The van der Waals surface area contributed by atoms with Crippen molar-refractivity contribution in [1.29, 1.82) is 5.26 Å². The molecule has 0 spiro atoms. The summed E-state index contributed by atoms with van der Waals surface area (Å²) in [4.78, 5) is 0. The van der Waals surface area contributed by atoms with Gasteiger partial charge in [0, 0.05) is 29.1 Å². The van der Waals surface area contributed by atoms with Crippen LogP contribution in [0.1, 0.15) is 18.9 Å². The highest BCUT2D eigenvalue weighted by Crippen LogP contribution is 2.27. The van der Waals surface area contributed by atoms with Crippen LogP contribution in [0.25, 0.3) is 10.8 Å². The third kappa shape index (κ3) is 2.44. The molecule has 0 aliphatic heterocycles. The predicted octanol–water partition coefficient (Wildman–Crippen LogP) is 2.89. The van der Waals surface area contributed by atoms with Crippen molar-refractivity contribution in [3.63, 3.8) is 0 Å². The first kappa shape index (κ1) is 12.4. The molecule has 18 heavy (non-hydrogen) atoms. The SMILES string of the molecule is CC(CCO)Nc1ccc(C#N)c2ccccc12. The highest BCUT2D eigenvalue weighted by Gasteiger charge is 2.07. The van der Waals surface area contributed by atoms with Gasteiger partial charge in [0.2, 0.25) is 0 Å². The molecule has 1 unspecified atom stereocenters. The van der Waals surface area contributed by atoms with Crippen molar-refractivity contribution in [2.24, 2.45) is 0 Å². The maximum Gasteiger partial charge on any atom is 0.0998 e. The summed E-state index contributed by atoms with van der Waals surface area (Å²) in [7, 11) is 0. The van der Waals surface area contributed by atoms with Crippen LogP contribution in [0.4, 0.5) is 5.69 Å². The third-order valence-corrected chi connectivity index (χ3v) is 3.01. The maximum absolute atomic E-state index is 9.09. The molecule has 3 heteroatoms. The number of nitrogens with one attached hydrogen (secondary N) is 1. The Morgan fingerprint density at radius 1 is 1.22 bits per heavy atom. The van der Waals surface area contributed by atoms with Gasteiger partial charge in [-0.3, -0.25) is 0 Å². The molecule has 1 atom stereocenters. The van der Waals surface area contributed by atoms with Crippen LogP contribution in [0, 0.1) is 11.3 Å². The first-order chi connectivity index (χ1) is 8.76. The summed E-state index contributed by atoms with van der Waals surface area (Å²) in [5.74, 6) is 0. The number of hydrogen-bond acceptors (Lipinski definition) is 3. The number of nitrogens with zero attached hydrogens (tertiary/aromatic N) is 1. The van der Waals surface area contributed by atoms with Gasteiger partial charge in [-0.05, 0) is 25.5 Å². The van der Waals surface area contributed by atoms with E-state index >= 15 is 0 Å². The van der Waals surface area contributed by atoms with Crippen LogP contribution >= 0.6 is 0 Å². The lowest BCUT2D eigenvalue weighted by Crippen LogP contribution is -2.16. The zero-order chi connectivity index (χ0) is 13.0. The van der Waals surface area contributed by atoms with Crippen molar-refractivity contribution in [3.8, 4) is 6.07 Å². The van der Waals surface area contributed by atoms with Gasteiger partial charge in [0.1, 0.15) is 0 Å². The summed E-state index contributed by atoms with van der Waals surface area (Å²) in [5, 5.41) is 23.4. The first-order valence-electron chi connectivity index (χ1n) is 6.05. The van der Waals surface area contributed by atoms with Crippen LogP contribution in [0.15, 0.2) is 36.4 Å². The lowest BCUT2D eigenvalue weighted by Gasteiger charge is -2.16. The van der Waals surface area contributed by atoms with E-state index < -0.39 is 0 Å². The average molecular weight is 240 g/mol. The van der Waals surface area contributed by atoms with Gasteiger partial charge in [0.15, 0.2) is 0 Å². The lowest BCUT2D eigenvalue weighted by atomic mass is 10.0. The van der Waals surface area contributed by atoms with Crippen molar-refractivity contribution in [3.05, 3.63) is 42.0 Å². The summed E-state index contributed by atoms with van der Waals surface area (Å²) in [5.41, 5.74) is 1.69. The summed E-state index contributed by atoms with van der Waals surface area (Å²) in [6.45, 7) is 2.20. The number of aliphatic hydroxyl groups excluding tert-OH is 1. The Hall–Kier alpha value is -2.05. The summed E-state index contributed by atoms with van der Waals surface area (Å²) < 4.78 is 0. The lowest BCUT2D eigenvalue weighted by molar-refractivity contribution is 0.282. The van der Waals surface area contributed by atoms with Gasteiger partial charge in [-0.25, -0.2) is 0 Å². The monoisotopic (exact) mass is 240 g/mol. The van der Waals surface area contributed by atoms with Crippen molar-refractivity contribution in [1.82, 2.24) is 0 Å². The number of aliphatic hydroxyl groups is 1. The number of benzene rings is 2. The van der Waals surface area contributed by atoms with Crippen LogP contribution in [0.3, 0.4) is 0 Å². The standard InChI is InChI=1S/C15H16N2O/c1-11(8-9-18)17-15-7-6-12(10-16)13-4-2-3-5-14(13)15/h2-7,11,17-18H,8-9H2,1H3. The van der Waals surface area contributed by atoms with Gasteiger partial charge in [-0.15, -0.1) is 0 Å². The molecule has 0 bridgehead atoms. The fourth-order valence-corrected chi connectivity index (χ4v) is 2.05. The molecule has 0 amide bonds. The minimum absolute atomic E-state index is 0.169. The number of nitriles is 1. The largest absolute Gasteiger partial charge is 0.396 e. The van der Waals surface area contributed by atoms with Crippen LogP contribution in [0.5, 0.6) is 0 Å². The topological polar surface area (TPSA) is 56.0 Å². The van der Waals surface area contributed by atoms with Crippen LogP contribution < -0.4 is 5.32 Å². The molecular formula is C15H16N2O. The van der Waals surface area contributed by atoms with Gasteiger partial charge >= 0.3 is 0 Å². The molecular weight excluding hydrogens is 224 g/mol. The third-order valence-electron chi connectivity index (χ3n) is 3.01. The smallest absolute Gasteiger partial charge is 0.0998 e. The van der Waals surface area contributed by atoms with Gasteiger partial charge in [0.25, 0.3) is 0 Å². The number of anilines is 1. The van der Waals surface area contributed by atoms with Crippen molar-refractivity contribution >= 4 is 16.5 Å². The van der Waals surface area contributed by atoms with E-state index in [0.717, 1.165) is 16.5 Å². The number of fused-ring (bicyclic) bond motifs is 1. The average Bonchev–Trinajstić information content (AvgIpc) is 2.39. The van der Waals surface area contributed by atoms with E-state index in [-0.39, 0.29) is 12.6 Å². The number of hydrogen-bond donors (Lipinski definition) is 2. The van der Waals surface area contributed by atoms with Crippen molar-refractivity contribution < 1.29 is 5.11 Å². The molecule has 0 saturated heterocycles. The molecule has 0 aliphatic carbocycles. The van der Waals surface area contributed by atoms with Gasteiger partial charge in [-0.2, -0.15) is 5.26 Å². The molecule has 92 valence electrons. The molecule has 0 heterocycles. The minimum Gasteiger partial charge on any atom is -0.396 e. The van der Waals surface area contributed by atoms with E-state index in [1.165, 1.54) is 0 Å². The Labute approximate surface area is 107 Å². The second kappa shape index (κ2) is 5.52. The predicted molar refractivity (Wildman–Crippen MR) is 73.5 cm³/mol.